The number of alkyl halides is 2. The normalized spacial score (nSPS) is 14.1. The van der Waals surface area contributed by atoms with Gasteiger partial charge in [0, 0.05) is 17.3 Å². The van der Waals surface area contributed by atoms with Gasteiger partial charge >= 0.3 is 0 Å². The summed E-state index contributed by atoms with van der Waals surface area (Å²) in [6, 6.07) is 11.4. The molecule has 2 aromatic rings. The lowest BCUT2D eigenvalue weighted by Gasteiger charge is -2.16. The Labute approximate surface area is 112 Å². The maximum atomic E-state index is 13.8. The Morgan fingerprint density at radius 1 is 1.11 bits per heavy atom. The third kappa shape index (κ3) is 2.98. The molecule has 1 nitrogen and oxygen atoms in total. The lowest BCUT2D eigenvalue weighted by molar-refractivity contribution is 0.142. The fourth-order valence-electron chi connectivity index (χ4n) is 1.86. The second-order valence-corrected chi connectivity index (χ2v) is 4.81. The van der Waals surface area contributed by atoms with Crippen molar-refractivity contribution in [1.82, 2.24) is 4.98 Å². The number of hydrogen-bond donors (Lipinski definition) is 0. The van der Waals surface area contributed by atoms with E-state index in [9.17, 15) is 8.78 Å². The van der Waals surface area contributed by atoms with E-state index < -0.39 is 12.3 Å². The summed E-state index contributed by atoms with van der Waals surface area (Å²) in [5.41, 5.74) is 1.31. The monoisotopic (exact) mass is 261 g/mol. The molecule has 0 amide bonds. The standard InChI is InChI=1S/C16H17F2N/c1-3-12-4-6-13(7-5-12)15-9-8-14(10-19-15)16(2,18)11-17/h4-10H,3,11H2,1-2H3. The van der Waals surface area contributed by atoms with E-state index in [0.717, 1.165) is 17.7 Å². The van der Waals surface area contributed by atoms with Crippen LogP contribution >= 0.6 is 0 Å². The van der Waals surface area contributed by atoms with Crippen molar-refractivity contribution in [3.8, 4) is 11.3 Å². The molecule has 1 atom stereocenters. The van der Waals surface area contributed by atoms with Gasteiger partial charge < -0.3 is 0 Å². The summed E-state index contributed by atoms with van der Waals surface area (Å²) < 4.78 is 26.3. The van der Waals surface area contributed by atoms with Gasteiger partial charge in [0.05, 0.1) is 5.69 Å². The van der Waals surface area contributed by atoms with Gasteiger partial charge in [-0.15, -0.1) is 0 Å². The van der Waals surface area contributed by atoms with Crippen molar-refractivity contribution in [1.29, 1.82) is 0 Å². The largest absolute Gasteiger partial charge is 0.256 e. The van der Waals surface area contributed by atoms with Gasteiger partial charge in [-0.25, -0.2) is 8.78 Å². The third-order valence-electron chi connectivity index (χ3n) is 3.27. The third-order valence-corrected chi connectivity index (χ3v) is 3.27. The van der Waals surface area contributed by atoms with Crippen LogP contribution in [0.1, 0.15) is 25.0 Å². The molecule has 1 aromatic heterocycles. The number of aryl methyl sites for hydroxylation is 1. The van der Waals surface area contributed by atoms with Crippen LogP contribution in [0, 0.1) is 0 Å². The first-order valence-electron chi connectivity index (χ1n) is 6.37. The lowest BCUT2D eigenvalue weighted by Crippen LogP contribution is -2.17. The number of benzene rings is 1. The van der Waals surface area contributed by atoms with E-state index in [0.29, 0.717) is 0 Å². The highest BCUT2D eigenvalue weighted by molar-refractivity contribution is 5.59. The topological polar surface area (TPSA) is 12.9 Å². The summed E-state index contributed by atoms with van der Waals surface area (Å²) in [4.78, 5) is 4.21. The molecular weight excluding hydrogens is 244 g/mol. The van der Waals surface area contributed by atoms with E-state index in [2.05, 4.69) is 11.9 Å². The van der Waals surface area contributed by atoms with Crippen LogP contribution in [0.2, 0.25) is 0 Å². The average Bonchev–Trinajstić information content (AvgIpc) is 2.47. The molecule has 0 saturated carbocycles. The summed E-state index contributed by atoms with van der Waals surface area (Å²) >= 11 is 0. The zero-order valence-electron chi connectivity index (χ0n) is 11.2. The highest BCUT2D eigenvalue weighted by Crippen LogP contribution is 2.27. The van der Waals surface area contributed by atoms with Crippen LogP contribution in [0.3, 0.4) is 0 Å². The first-order chi connectivity index (χ1) is 9.06. The molecule has 0 aliphatic carbocycles. The maximum absolute atomic E-state index is 13.8. The fraction of sp³-hybridized carbons (Fsp3) is 0.312. The predicted molar refractivity (Wildman–Crippen MR) is 73.5 cm³/mol. The molecular formula is C16H17F2N. The van der Waals surface area contributed by atoms with Gasteiger partial charge in [-0.1, -0.05) is 37.3 Å². The second-order valence-electron chi connectivity index (χ2n) is 4.81. The molecule has 0 saturated heterocycles. The molecule has 0 aliphatic heterocycles. The van der Waals surface area contributed by atoms with Gasteiger partial charge in [0.15, 0.2) is 5.67 Å². The van der Waals surface area contributed by atoms with E-state index in [4.69, 9.17) is 0 Å². The molecule has 1 aromatic carbocycles. The molecule has 0 radical (unpaired) electrons. The fourth-order valence-corrected chi connectivity index (χ4v) is 1.86. The Bertz CT molecular complexity index is 530. The van der Waals surface area contributed by atoms with Crippen LogP contribution in [0.5, 0.6) is 0 Å². The smallest absolute Gasteiger partial charge is 0.162 e. The lowest BCUT2D eigenvalue weighted by atomic mass is 10.00. The quantitative estimate of drug-likeness (QED) is 0.791. The zero-order valence-corrected chi connectivity index (χ0v) is 11.2. The number of hydrogen-bond acceptors (Lipinski definition) is 1. The number of halogens is 2. The molecule has 19 heavy (non-hydrogen) atoms. The van der Waals surface area contributed by atoms with Crippen molar-refractivity contribution >= 4 is 0 Å². The van der Waals surface area contributed by atoms with Crippen LogP contribution in [-0.4, -0.2) is 11.7 Å². The van der Waals surface area contributed by atoms with Crippen LogP contribution in [0.15, 0.2) is 42.6 Å². The molecule has 1 unspecified atom stereocenters. The zero-order chi connectivity index (χ0) is 13.9. The summed E-state index contributed by atoms with van der Waals surface area (Å²) in [6.07, 6.45) is 2.39. The molecule has 0 N–H and O–H groups in total. The first kappa shape index (κ1) is 13.7. The molecule has 3 heteroatoms. The van der Waals surface area contributed by atoms with Gasteiger partial charge in [0.2, 0.25) is 0 Å². The molecule has 0 aliphatic rings. The number of rotatable bonds is 4. The molecule has 2 rings (SSSR count). The number of aromatic nitrogens is 1. The van der Waals surface area contributed by atoms with Crippen LogP contribution in [0.25, 0.3) is 11.3 Å². The summed E-state index contributed by atoms with van der Waals surface area (Å²) in [7, 11) is 0. The van der Waals surface area contributed by atoms with Crippen molar-refractivity contribution < 1.29 is 8.78 Å². The molecule has 1 heterocycles. The van der Waals surface area contributed by atoms with Crippen LogP contribution in [0.4, 0.5) is 8.78 Å². The number of pyridine rings is 1. The van der Waals surface area contributed by atoms with Crippen LogP contribution < -0.4 is 0 Å². The van der Waals surface area contributed by atoms with E-state index in [-0.39, 0.29) is 5.56 Å². The summed E-state index contributed by atoms with van der Waals surface area (Å²) in [6.45, 7) is 2.28. The minimum Gasteiger partial charge on any atom is -0.256 e. The molecule has 0 fully saturated rings. The van der Waals surface area contributed by atoms with E-state index in [1.165, 1.54) is 18.7 Å². The van der Waals surface area contributed by atoms with Crippen molar-refractivity contribution in [2.75, 3.05) is 6.67 Å². The van der Waals surface area contributed by atoms with Gasteiger partial charge in [0.25, 0.3) is 0 Å². The Morgan fingerprint density at radius 2 is 1.79 bits per heavy atom. The Hall–Kier alpha value is -1.77. The van der Waals surface area contributed by atoms with Crippen molar-refractivity contribution in [2.24, 2.45) is 0 Å². The molecule has 0 spiro atoms. The number of nitrogens with zero attached hydrogens (tertiary/aromatic N) is 1. The Balaban J connectivity index is 2.27. The van der Waals surface area contributed by atoms with Gasteiger partial charge in [0.1, 0.15) is 6.67 Å². The van der Waals surface area contributed by atoms with Crippen LogP contribution in [-0.2, 0) is 12.1 Å². The minimum atomic E-state index is -1.96. The predicted octanol–water partition coefficient (Wildman–Crippen LogP) is 4.47. The van der Waals surface area contributed by atoms with Crippen molar-refractivity contribution in [2.45, 2.75) is 25.9 Å². The molecule has 100 valence electrons. The van der Waals surface area contributed by atoms with Crippen molar-refractivity contribution in [3.05, 3.63) is 53.7 Å². The minimum absolute atomic E-state index is 0.268. The highest BCUT2D eigenvalue weighted by Gasteiger charge is 2.26. The van der Waals surface area contributed by atoms with E-state index in [1.54, 1.807) is 12.1 Å². The van der Waals surface area contributed by atoms with Crippen molar-refractivity contribution in [3.63, 3.8) is 0 Å². The Morgan fingerprint density at radius 3 is 2.26 bits per heavy atom. The van der Waals surface area contributed by atoms with E-state index in [1.807, 2.05) is 24.3 Å². The average molecular weight is 261 g/mol. The SMILES string of the molecule is CCc1ccc(-c2ccc(C(C)(F)CF)cn2)cc1. The van der Waals surface area contributed by atoms with E-state index >= 15 is 0 Å². The Kier molecular flexibility index (Phi) is 3.93. The highest BCUT2D eigenvalue weighted by atomic mass is 19.2. The van der Waals surface area contributed by atoms with Gasteiger partial charge in [-0.05, 0) is 25.0 Å². The summed E-state index contributed by atoms with van der Waals surface area (Å²) in [5.74, 6) is 0. The maximum Gasteiger partial charge on any atom is 0.162 e. The second kappa shape index (κ2) is 5.47. The summed E-state index contributed by atoms with van der Waals surface area (Å²) in [5, 5.41) is 0. The molecule has 0 bridgehead atoms. The van der Waals surface area contributed by atoms with Gasteiger partial charge in [-0.2, -0.15) is 0 Å². The van der Waals surface area contributed by atoms with Gasteiger partial charge in [-0.3, -0.25) is 4.98 Å². The first-order valence-corrected chi connectivity index (χ1v) is 6.37.